The highest BCUT2D eigenvalue weighted by molar-refractivity contribution is 9.10. The Labute approximate surface area is 169 Å². The van der Waals surface area contributed by atoms with E-state index in [1.165, 1.54) is 12.5 Å². The average Bonchev–Trinajstić information content (AvgIpc) is 3.24. The molecule has 8 heteroatoms. The third-order valence-corrected chi connectivity index (χ3v) is 4.03. The zero-order valence-electron chi connectivity index (χ0n) is 14.6. The molecule has 142 valence electrons. The van der Waals surface area contributed by atoms with Crippen LogP contribution in [0.25, 0.3) is 0 Å². The van der Waals surface area contributed by atoms with Crippen molar-refractivity contribution in [2.75, 3.05) is 11.9 Å². The Morgan fingerprint density at radius 2 is 1.82 bits per heavy atom. The number of anilines is 1. The Kier molecular flexibility index (Phi) is 6.59. The summed E-state index contributed by atoms with van der Waals surface area (Å²) in [5.74, 6) is 0.0385. The van der Waals surface area contributed by atoms with E-state index in [2.05, 4.69) is 31.8 Å². The second-order valence-corrected chi connectivity index (χ2v) is 6.50. The van der Waals surface area contributed by atoms with Crippen LogP contribution in [0.15, 0.2) is 80.9 Å². The molecule has 0 atom stereocenters. The number of amides is 2. The molecule has 0 aliphatic heterocycles. The first-order valence-electron chi connectivity index (χ1n) is 8.25. The molecule has 0 fully saturated rings. The third-order valence-electron chi connectivity index (χ3n) is 3.50. The van der Waals surface area contributed by atoms with Gasteiger partial charge in [-0.05, 0) is 66.2 Å². The summed E-state index contributed by atoms with van der Waals surface area (Å²) in [5, 5.41) is 6.61. The summed E-state index contributed by atoms with van der Waals surface area (Å²) in [4.78, 5) is 23.6. The van der Waals surface area contributed by atoms with Crippen LogP contribution in [0.3, 0.4) is 0 Å². The zero-order valence-corrected chi connectivity index (χ0v) is 16.2. The SMILES string of the molecule is O=C(COc1ccc(/C=N\NC(=O)c2ccco2)cc1)Nc1ccc(Br)cc1. The number of hydrazone groups is 1. The summed E-state index contributed by atoms with van der Waals surface area (Å²) in [6.07, 6.45) is 2.90. The number of rotatable bonds is 7. The predicted octanol–water partition coefficient (Wildman–Crippen LogP) is 3.82. The first-order valence-corrected chi connectivity index (χ1v) is 9.04. The summed E-state index contributed by atoms with van der Waals surface area (Å²) in [6, 6.07) is 17.4. The number of benzene rings is 2. The Hall–Kier alpha value is -3.39. The zero-order chi connectivity index (χ0) is 19.8. The molecule has 0 saturated heterocycles. The molecule has 1 aromatic heterocycles. The van der Waals surface area contributed by atoms with E-state index in [4.69, 9.17) is 9.15 Å². The van der Waals surface area contributed by atoms with Crippen LogP contribution in [0.5, 0.6) is 5.75 Å². The maximum atomic E-state index is 11.9. The minimum absolute atomic E-state index is 0.108. The summed E-state index contributed by atoms with van der Waals surface area (Å²) < 4.78 is 11.4. The van der Waals surface area contributed by atoms with Crippen LogP contribution >= 0.6 is 15.9 Å². The van der Waals surface area contributed by atoms with Crippen LogP contribution in [-0.2, 0) is 4.79 Å². The van der Waals surface area contributed by atoms with Crippen LogP contribution < -0.4 is 15.5 Å². The van der Waals surface area contributed by atoms with E-state index in [0.717, 1.165) is 10.0 Å². The summed E-state index contributed by atoms with van der Waals surface area (Å²) >= 11 is 3.34. The number of halogens is 1. The van der Waals surface area contributed by atoms with Crippen LogP contribution in [0.2, 0.25) is 0 Å². The van der Waals surface area contributed by atoms with Gasteiger partial charge in [0.1, 0.15) is 5.75 Å². The fraction of sp³-hybridized carbons (Fsp3) is 0.0500. The molecule has 0 spiro atoms. The number of nitrogens with zero attached hydrogens (tertiary/aromatic N) is 1. The van der Waals surface area contributed by atoms with Gasteiger partial charge in [-0.3, -0.25) is 9.59 Å². The molecule has 0 unspecified atom stereocenters. The predicted molar refractivity (Wildman–Crippen MR) is 108 cm³/mol. The van der Waals surface area contributed by atoms with E-state index in [1.54, 1.807) is 48.5 Å². The molecule has 1 heterocycles. The van der Waals surface area contributed by atoms with Crippen molar-refractivity contribution in [3.63, 3.8) is 0 Å². The molecule has 3 aromatic rings. The third kappa shape index (κ3) is 5.82. The second-order valence-electron chi connectivity index (χ2n) is 5.59. The van der Waals surface area contributed by atoms with Gasteiger partial charge < -0.3 is 14.5 Å². The van der Waals surface area contributed by atoms with Gasteiger partial charge in [0, 0.05) is 10.2 Å². The topological polar surface area (TPSA) is 92.9 Å². The van der Waals surface area contributed by atoms with Crippen molar-refractivity contribution in [2.24, 2.45) is 5.10 Å². The van der Waals surface area contributed by atoms with Gasteiger partial charge in [-0.25, -0.2) is 5.43 Å². The minimum Gasteiger partial charge on any atom is -0.484 e. The van der Waals surface area contributed by atoms with Crippen molar-refractivity contribution >= 4 is 39.6 Å². The molecule has 0 aliphatic rings. The summed E-state index contributed by atoms with van der Waals surface area (Å²) in [5.41, 5.74) is 3.81. The van der Waals surface area contributed by atoms with Gasteiger partial charge >= 0.3 is 5.91 Å². The van der Waals surface area contributed by atoms with Crippen LogP contribution in [0.4, 0.5) is 5.69 Å². The molecule has 2 N–H and O–H groups in total. The molecule has 0 radical (unpaired) electrons. The highest BCUT2D eigenvalue weighted by atomic mass is 79.9. The molecule has 0 saturated carbocycles. The van der Waals surface area contributed by atoms with Crippen LogP contribution in [-0.4, -0.2) is 24.6 Å². The van der Waals surface area contributed by atoms with E-state index in [0.29, 0.717) is 11.4 Å². The lowest BCUT2D eigenvalue weighted by Crippen LogP contribution is -2.20. The lowest BCUT2D eigenvalue weighted by molar-refractivity contribution is -0.118. The molecule has 0 bridgehead atoms. The van der Waals surface area contributed by atoms with Gasteiger partial charge in [-0.15, -0.1) is 0 Å². The standard InChI is InChI=1S/C20H16BrN3O4/c21-15-5-7-16(8-6-15)23-19(25)13-28-17-9-3-14(4-10-17)12-22-24-20(26)18-2-1-11-27-18/h1-12H,13H2,(H,23,25)(H,24,26)/b22-12-. The highest BCUT2D eigenvalue weighted by Crippen LogP contribution is 2.15. The molecular weight excluding hydrogens is 426 g/mol. The number of furan rings is 1. The first-order chi connectivity index (χ1) is 13.6. The molecular formula is C20H16BrN3O4. The van der Waals surface area contributed by atoms with E-state index in [1.807, 2.05) is 12.1 Å². The van der Waals surface area contributed by atoms with Gasteiger partial charge in [-0.2, -0.15) is 5.10 Å². The van der Waals surface area contributed by atoms with Gasteiger partial charge in [0.2, 0.25) is 0 Å². The van der Waals surface area contributed by atoms with Crippen LogP contribution in [0.1, 0.15) is 16.1 Å². The molecule has 0 aliphatic carbocycles. The lowest BCUT2D eigenvalue weighted by atomic mass is 10.2. The van der Waals surface area contributed by atoms with E-state index >= 15 is 0 Å². The molecule has 28 heavy (non-hydrogen) atoms. The van der Waals surface area contributed by atoms with E-state index in [-0.39, 0.29) is 18.3 Å². The number of hydrogen-bond donors (Lipinski definition) is 2. The van der Waals surface area contributed by atoms with Crippen molar-refractivity contribution in [1.82, 2.24) is 5.43 Å². The fourth-order valence-electron chi connectivity index (χ4n) is 2.16. The van der Waals surface area contributed by atoms with Gasteiger partial charge in [-0.1, -0.05) is 15.9 Å². The molecule has 7 nitrogen and oxygen atoms in total. The first kappa shape index (κ1) is 19.4. The van der Waals surface area contributed by atoms with Crippen molar-refractivity contribution in [1.29, 1.82) is 0 Å². The molecule has 2 aromatic carbocycles. The number of nitrogens with one attached hydrogen (secondary N) is 2. The van der Waals surface area contributed by atoms with E-state index in [9.17, 15) is 9.59 Å². The van der Waals surface area contributed by atoms with Gasteiger partial charge in [0.15, 0.2) is 12.4 Å². The monoisotopic (exact) mass is 441 g/mol. The summed E-state index contributed by atoms with van der Waals surface area (Å²) in [6.45, 7) is -0.108. The highest BCUT2D eigenvalue weighted by Gasteiger charge is 2.06. The van der Waals surface area contributed by atoms with Gasteiger partial charge in [0.05, 0.1) is 12.5 Å². The minimum atomic E-state index is -0.432. The Balaban J connectivity index is 1.44. The number of ether oxygens (including phenoxy) is 1. The maximum absolute atomic E-state index is 11.9. The van der Waals surface area contributed by atoms with Crippen LogP contribution in [0, 0.1) is 0 Å². The van der Waals surface area contributed by atoms with E-state index < -0.39 is 5.91 Å². The number of carbonyl (C=O) groups excluding carboxylic acids is 2. The smallest absolute Gasteiger partial charge is 0.307 e. The quantitative estimate of drug-likeness (QED) is 0.430. The maximum Gasteiger partial charge on any atom is 0.307 e. The van der Waals surface area contributed by atoms with Crippen molar-refractivity contribution in [3.8, 4) is 5.75 Å². The normalized spacial score (nSPS) is 10.6. The lowest BCUT2D eigenvalue weighted by Gasteiger charge is -2.08. The largest absolute Gasteiger partial charge is 0.484 e. The number of hydrogen-bond acceptors (Lipinski definition) is 5. The van der Waals surface area contributed by atoms with Gasteiger partial charge in [0.25, 0.3) is 5.91 Å². The van der Waals surface area contributed by atoms with Crippen molar-refractivity contribution in [2.45, 2.75) is 0 Å². The summed E-state index contributed by atoms with van der Waals surface area (Å²) in [7, 11) is 0. The fourth-order valence-corrected chi connectivity index (χ4v) is 2.42. The van der Waals surface area contributed by atoms with Crippen molar-refractivity contribution in [3.05, 3.63) is 82.7 Å². The number of carbonyl (C=O) groups is 2. The Bertz CT molecular complexity index is 952. The average molecular weight is 442 g/mol. The second kappa shape index (κ2) is 9.52. The van der Waals surface area contributed by atoms with Crippen molar-refractivity contribution < 1.29 is 18.7 Å². The Morgan fingerprint density at radius 1 is 1.07 bits per heavy atom. The molecule has 2 amide bonds. The Morgan fingerprint density at radius 3 is 2.50 bits per heavy atom. The molecule has 3 rings (SSSR count).